The Labute approximate surface area is 92.2 Å². The second-order valence-corrected chi connectivity index (χ2v) is 4.77. The summed E-state index contributed by atoms with van der Waals surface area (Å²) < 4.78 is 37.7. The maximum Gasteiger partial charge on any atom is 0.435 e. The van der Waals surface area contributed by atoms with Gasteiger partial charge in [0.05, 0.1) is 0 Å². The molecule has 1 N–H and O–H groups in total. The number of fused-ring (bicyclic) bond motifs is 1. The van der Waals surface area contributed by atoms with Gasteiger partial charge in [-0.3, -0.25) is 5.10 Å². The zero-order chi connectivity index (χ0) is 11.9. The van der Waals surface area contributed by atoms with E-state index in [2.05, 4.69) is 24.0 Å². The second-order valence-electron chi connectivity index (χ2n) is 4.77. The predicted octanol–water partition coefficient (Wildman–Crippen LogP) is 3.19. The molecule has 0 aromatic carbocycles. The zero-order valence-electron chi connectivity index (χ0n) is 9.36. The molecule has 0 unspecified atom stereocenters. The molecule has 0 radical (unpaired) electrons. The van der Waals surface area contributed by atoms with Crippen LogP contribution in [0.15, 0.2) is 0 Å². The van der Waals surface area contributed by atoms with Crippen LogP contribution in [0.3, 0.4) is 0 Å². The van der Waals surface area contributed by atoms with E-state index in [1.807, 2.05) is 0 Å². The first-order valence-electron chi connectivity index (χ1n) is 5.53. The number of rotatable bonds is 1. The van der Waals surface area contributed by atoms with Crippen molar-refractivity contribution in [3.63, 3.8) is 0 Å². The van der Waals surface area contributed by atoms with Crippen LogP contribution in [0.1, 0.15) is 37.2 Å². The fraction of sp³-hybridized carbons (Fsp3) is 0.727. The van der Waals surface area contributed by atoms with Crippen molar-refractivity contribution >= 4 is 0 Å². The summed E-state index contributed by atoms with van der Waals surface area (Å²) in [5, 5.41) is 5.96. The van der Waals surface area contributed by atoms with Gasteiger partial charge in [0.1, 0.15) is 0 Å². The molecule has 0 bridgehead atoms. The first-order valence-corrected chi connectivity index (χ1v) is 5.53. The van der Waals surface area contributed by atoms with E-state index in [0.29, 0.717) is 35.9 Å². The van der Waals surface area contributed by atoms with Crippen molar-refractivity contribution in [3.8, 4) is 0 Å². The molecule has 5 heteroatoms. The molecule has 1 aromatic rings. The van der Waals surface area contributed by atoms with Gasteiger partial charge in [-0.1, -0.05) is 13.8 Å². The van der Waals surface area contributed by atoms with E-state index in [-0.39, 0.29) is 0 Å². The topological polar surface area (TPSA) is 28.7 Å². The third-order valence-electron chi connectivity index (χ3n) is 3.40. The second kappa shape index (κ2) is 3.79. The Morgan fingerprint density at radius 1 is 1.38 bits per heavy atom. The molecule has 0 spiro atoms. The Balaban J connectivity index is 2.27. The van der Waals surface area contributed by atoms with Gasteiger partial charge in [0.15, 0.2) is 5.69 Å². The van der Waals surface area contributed by atoms with Crippen LogP contribution >= 0.6 is 0 Å². The zero-order valence-corrected chi connectivity index (χ0v) is 9.36. The van der Waals surface area contributed by atoms with Gasteiger partial charge in [0, 0.05) is 11.3 Å². The van der Waals surface area contributed by atoms with Gasteiger partial charge in [-0.15, -0.1) is 0 Å². The Kier molecular flexibility index (Phi) is 2.72. The molecule has 90 valence electrons. The highest BCUT2D eigenvalue weighted by atomic mass is 19.4. The van der Waals surface area contributed by atoms with Gasteiger partial charge in [0.25, 0.3) is 0 Å². The van der Waals surface area contributed by atoms with Crippen molar-refractivity contribution in [2.24, 2.45) is 11.8 Å². The van der Waals surface area contributed by atoms with E-state index in [1.165, 1.54) is 0 Å². The molecule has 0 aliphatic heterocycles. The van der Waals surface area contributed by atoms with Crippen molar-refractivity contribution in [2.75, 3.05) is 0 Å². The Bertz CT molecular complexity index is 379. The van der Waals surface area contributed by atoms with Crippen LogP contribution in [0, 0.1) is 11.8 Å². The Morgan fingerprint density at radius 3 is 2.62 bits per heavy atom. The lowest BCUT2D eigenvalue weighted by Gasteiger charge is -2.25. The van der Waals surface area contributed by atoms with Gasteiger partial charge in [-0.2, -0.15) is 18.3 Å². The molecule has 0 amide bonds. The number of nitrogens with zero attached hydrogens (tertiary/aromatic N) is 1. The van der Waals surface area contributed by atoms with Crippen LogP contribution in [0.25, 0.3) is 0 Å². The third kappa shape index (κ3) is 1.95. The summed E-state index contributed by atoms with van der Waals surface area (Å²) in [5.41, 5.74) is 0.339. The van der Waals surface area contributed by atoms with E-state index in [1.54, 1.807) is 0 Å². The highest BCUT2D eigenvalue weighted by Gasteiger charge is 2.39. The summed E-state index contributed by atoms with van der Waals surface area (Å²) in [6.45, 7) is 4.22. The highest BCUT2D eigenvalue weighted by molar-refractivity contribution is 5.30. The molecule has 1 heterocycles. The summed E-state index contributed by atoms with van der Waals surface area (Å²) in [6.07, 6.45) is -2.32. The molecule has 1 aliphatic carbocycles. The third-order valence-corrected chi connectivity index (χ3v) is 3.40. The average Bonchev–Trinajstić information content (AvgIpc) is 2.58. The first kappa shape index (κ1) is 11.5. The minimum Gasteiger partial charge on any atom is -0.282 e. The minimum atomic E-state index is -4.32. The lowest BCUT2D eigenvalue weighted by Crippen LogP contribution is -2.20. The van der Waals surface area contributed by atoms with Crippen LogP contribution in [0.2, 0.25) is 0 Å². The number of hydrogen-bond donors (Lipinski definition) is 1. The van der Waals surface area contributed by atoms with Crippen molar-refractivity contribution < 1.29 is 13.2 Å². The number of alkyl halides is 3. The number of aromatic amines is 1. The van der Waals surface area contributed by atoms with Crippen molar-refractivity contribution in [2.45, 2.75) is 39.3 Å². The summed E-state index contributed by atoms with van der Waals surface area (Å²) in [7, 11) is 0. The fourth-order valence-electron chi connectivity index (χ4n) is 2.34. The van der Waals surface area contributed by atoms with E-state index >= 15 is 0 Å². The van der Waals surface area contributed by atoms with Gasteiger partial charge in [-0.05, 0) is 31.1 Å². The fourth-order valence-corrected chi connectivity index (χ4v) is 2.34. The molecule has 2 rings (SSSR count). The van der Waals surface area contributed by atoms with Crippen LogP contribution in [0.4, 0.5) is 13.2 Å². The van der Waals surface area contributed by atoms with Crippen LogP contribution in [-0.2, 0) is 19.0 Å². The van der Waals surface area contributed by atoms with E-state index in [4.69, 9.17) is 0 Å². The van der Waals surface area contributed by atoms with Gasteiger partial charge < -0.3 is 0 Å². The van der Waals surface area contributed by atoms with E-state index in [9.17, 15) is 13.2 Å². The molecule has 2 nitrogen and oxygen atoms in total. The summed E-state index contributed by atoms with van der Waals surface area (Å²) in [4.78, 5) is 0. The number of halogens is 3. The normalized spacial score (nSPS) is 21.2. The molecular formula is C11H15F3N2. The molecule has 1 aromatic heterocycles. The minimum absolute atomic E-state index is 0.379. The monoisotopic (exact) mass is 232 g/mol. The average molecular weight is 232 g/mol. The predicted molar refractivity (Wildman–Crippen MR) is 53.9 cm³/mol. The van der Waals surface area contributed by atoms with Crippen LogP contribution in [0.5, 0.6) is 0 Å². The number of nitrogens with one attached hydrogen (secondary N) is 1. The molecule has 1 atom stereocenters. The smallest absolute Gasteiger partial charge is 0.282 e. The van der Waals surface area contributed by atoms with E-state index in [0.717, 1.165) is 6.42 Å². The van der Waals surface area contributed by atoms with Crippen molar-refractivity contribution in [1.29, 1.82) is 0 Å². The Morgan fingerprint density at radius 2 is 2.06 bits per heavy atom. The summed E-state index contributed by atoms with van der Waals surface area (Å²) in [5.74, 6) is 0.972. The number of hydrogen-bond acceptors (Lipinski definition) is 1. The summed E-state index contributed by atoms with van der Waals surface area (Å²) in [6, 6.07) is 0. The standard InChI is InChI=1S/C11H15F3N2/c1-6(2)7-3-4-8-9(5-7)15-16-10(8)11(12,13)14/h6-7H,3-5H2,1-2H3,(H,15,16)/t7-/m0/s1. The van der Waals surface area contributed by atoms with E-state index < -0.39 is 11.9 Å². The first-order chi connectivity index (χ1) is 7.39. The van der Waals surface area contributed by atoms with Gasteiger partial charge in [0.2, 0.25) is 0 Å². The van der Waals surface area contributed by atoms with Crippen molar-refractivity contribution in [1.82, 2.24) is 10.2 Å². The van der Waals surface area contributed by atoms with Crippen LogP contribution in [-0.4, -0.2) is 10.2 Å². The van der Waals surface area contributed by atoms with Gasteiger partial charge in [-0.25, -0.2) is 0 Å². The highest BCUT2D eigenvalue weighted by Crippen LogP contribution is 2.37. The molecular weight excluding hydrogens is 217 g/mol. The van der Waals surface area contributed by atoms with Crippen molar-refractivity contribution in [3.05, 3.63) is 17.0 Å². The lowest BCUT2D eigenvalue weighted by atomic mass is 9.80. The SMILES string of the molecule is CC(C)[C@H]1CCc2c(C(F)(F)F)n[nH]c2C1. The van der Waals surface area contributed by atoms with Crippen LogP contribution < -0.4 is 0 Å². The molecule has 0 saturated heterocycles. The maximum atomic E-state index is 12.6. The quantitative estimate of drug-likeness (QED) is 0.791. The number of H-pyrrole nitrogens is 1. The molecule has 1 aliphatic rings. The lowest BCUT2D eigenvalue weighted by molar-refractivity contribution is -0.141. The molecule has 0 saturated carbocycles. The largest absolute Gasteiger partial charge is 0.435 e. The van der Waals surface area contributed by atoms with Gasteiger partial charge >= 0.3 is 6.18 Å². The molecule has 16 heavy (non-hydrogen) atoms. The number of aromatic nitrogens is 2. The summed E-state index contributed by atoms with van der Waals surface area (Å²) >= 11 is 0. The molecule has 0 fully saturated rings. The Hall–Kier alpha value is -1.00. The maximum absolute atomic E-state index is 12.6.